The van der Waals surface area contributed by atoms with E-state index in [2.05, 4.69) is 12.2 Å². The number of nitrogens with one attached hydrogen (secondary N) is 1. The normalized spacial score (nSPS) is 13.6. The first-order valence-corrected chi connectivity index (χ1v) is 4.86. The monoisotopic (exact) mass is 191 g/mol. The maximum Gasteiger partial charge on any atom is 0.228 e. The summed E-state index contributed by atoms with van der Waals surface area (Å²) < 4.78 is 5.53. The van der Waals surface area contributed by atoms with Crippen molar-refractivity contribution >= 4 is 11.6 Å². The third kappa shape index (κ3) is 1.58. The summed E-state index contributed by atoms with van der Waals surface area (Å²) in [5.41, 5.74) is 1.88. The number of amides is 1. The Morgan fingerprint density at radius 2 is 2.36 bits per heavy atom. The Morgan fingerprint density at radius 1 is 1.50 bits per heavy atom. The van der Waals surface area contributed by atoms with E-state index in [1.165, 1.54) is 0 Å². The van der Waals surface area contributed by atoms with Crippen LogP contribution in [0.5, 0.6) is 5.75 Å². The minimum Gasteiger partial charge on any atom is -0.491 e. The fourth-order valence-electron chi connectivity index (χ4n) is 1.55. The molecule has 1 aliphatic heterocycles. The summed E-state index contributed by atoms with van der Waals surface area (Å²) in [5, 5.41) is 2.81. The molecule has 0 radical (unpaired) electrons. The third-order valence-corrected chi connectivity index (χ3v) is 2.19. The van der Waals surface area contributed by atoms with E-state index in [0.717, 1.165) is 23.4 Å². The first-order chi connectivity index (χ1) is 6.81. The van der Waals surface area contributed by atoms with Crippen LogP contribution in [-0.4, -0.2) is 12.5 Å². The fraction of sp³-hybridized carbons (Fsp3) is 0.364. The van der Waals surface area contributed by atoms with E-state index in [1.807, 2.05) is 18.2 Å². The molecule has 74 valence electrons. The predicted octanol–water partition coefficient (Wildman–Crippen LogP) is 1.97. The standard InChI is InChI=1S/C11H13NO2/c1-2-6-14-9-5-3-4-8-7-10(13)12-11(8)9/h3-5H,2,6-7H2,1H3,(H,12,13). The Labute approximate surface area is 83.1 Å². The van der Waals surface area contributed by atoms with Crippen LogP contribution in [0.4, 0.5) is 5.69 Å². The van der Waals surface area contributed by atoms with Gasteiger partial charge in [0.1, 0.15) is 5.75 Å². The van der Waals surface area contributed by atoms with E-state index >= 15 is 0 Å². The summed E-state index contributed by atoms with van der Waals surface area (Å²) in [5.74, 6) is 0.836. The zero-order chi connectivity index (χ0) is 9.97. The quantitative estimate of drug-likeness (QED) is 0.793. The fourth-order valence-corrected chi connectivity index (χ4v) is 1.55. The molecule has 1 aliphatic rings. The van der Waals surface area contributed by atoms with Gasteiger partial charge in [0, 0.05) is 0 Å². The van der Waals surface area contributed by atoms with Gasteiger partial charge in [-0.15, -0.1) is 0 Å². The van der Waals surface area contributed by atoms with Gasteiger partial charge in [0.25, 0.3) is 0 Å². The lowest BCUT2D eigenvalue weighted by Crippen LogP contribution is -2.05. The number of para-hydroxylation sites is 1. The highest BCUT2D eigenvalue weighted by atomic mass is 16.5. The summed E-state index contributed by atoms with van der Waals surface area (Å²) in [6, 6.07) is 5.76. The van der Waals surface area contributed by atoms with Crippen LogP contribution >= 0.6 is 0 Å². The number of hydrogen-bond donors (Lipinski definition) is 1. The van der Waals surface area contributed by atoms with Crippen molar-refractivity contribution in [3.8, 4) is 5.75 Å². The molecule has 0 saturated heterocycles. The van der Waals surface area contributed by atoms with Crippen molar-refractivity contribution in [2.45, 2.75) is 19.8 Å². The molecular weight excluding hydrogens is 178 g/mol. The molecule has 0 aliphatic carbocycles. The van der Waals surface area contributed by atoms with E-state index in [0.29, 0.717) is 13.0 Å². The lowest BCUT2D eigenvalue weighted by Gasteiger charge is -2.08. The van der Waals surface area contributed by atoms with Crippen molar-refractivity contribution in [2.75, 3.05) is 11.9 Å². The first-order valence-electron chi connectivity index (χ1n) is 4.86. The number of carbonyl (C=O) groups excluding carboxylic acids is 1. The summed E-state index contributed by atoms with van der Waals surface area (Å²) in [6.07, 6.45) is 1.44. The Kier molecular flexibility index (Phi) is 2.39. The van der Waals surface area contributed by atoms with Gasteiger partial charge in [0.15, 0.2) is 0 Å². The lowest BCUT2D eigenvalue weighted by atomic mass is 10.1. The molecule has 3 heteroatoms. The van der Waals surface area contributed by atoms with Crippen LogP contribution in [-0.2, 0) is 11.2 Å². The number of anilines is 1. The van der Waals surface area contributed by atoms with Crippen molar-refractivity contribution in [1.29, 1.82) is 0 Å². The molecule has 0 atom stereocenters. The molecule has 1 aromatic carbocycles. The Hall–Kier alpha value is -1.51. The molecule has 3 nitrogen and oxygen atoms in total. The number of ether oxygens (including phenoxy) is 1. The summed E-state index contributed by atoms with van der Waals surface area (Å²) in [6.45, 7) is 2.74. The Bertz CT molecular complexity index is 360. The van der Waals surface area contributed by atoms with E-state index in [-0.39, 0.29) is 5.91 Å². The molecule has 0 bridgehead atoms. The molecule has 1 amide bonds. The van der Waals surface area contributed by atoms with E-state index in [4.69, 9.17) is 4.74 Å². The zero-order valence-electron chi connectivity index (χ0n) is 8.17. The van der Waals surface area contributed by atoms with Crippen LogP contribution in [0.3, 0.4) is 0 Å². The predicted molar refractivity (Wildman–Crippen MR) is 54.6 cm³/mol. The van der Waals surface area contributed by atoms with Gasteiger partial charge in [-0.2, -0.15) is 0 Å². The summed E-state index contributed by atoms with van der Waals surface area (Å²) in [4.78, 5) is 11.2. The van der Waals surface area contributed by atoms with Gasteiger partial charge >= 0.3 is 0 Å². The highest BCUT2D eigenvalue weighted by Gasteiger charge is 2.20. The number of benzene rings is 1. The highest BCUT2D eigenvalue weighted by Crippen LogP contribution is 2.32. The van der Waals surface area contributed by atoms with Crippen LogP contribution in [0, 0.1) is 0 Å². The van der Waals surface area contributed by atoms with E-state index < -0.39 is 0 Å². The first kappa shape index (κ1) is 9.06. The molecule has 1 N–H and O–H groups in total. The topological polar surface area (TPSA) is 38.3 Å². The molecule has 1 heterocycles. The van der Waals surface area contributed by atoms with Crippen LogP contribution in [0.1, 0.15) is 18.9 Å². The molecular formula is C11H13NO2. The van der Waals surface area contributed by atoms with Crippen molar-refractivity contribution in [2.24, 2.45) is 0 Å². The van der Waals surface area contributed by atoms with Gasteiger partial charge in [0.05, 0.1) is 18.7 Å². The third-order valence-electron chi connectivity index (χ3n) is 2.19. The van der Waals surface area contributed by atoms with Crippen molar-refractivity contribution < 1.29 is 9.53 Å². The minimum absolute atomic E-state index is 0.0487. The Balaban J connectivity index is 2.25. The second-order valence-electron chi connectivity index (χ2n) is 3.36. The molecule has 0 spiro atoms. The van der Waals surface area contributed by atoms with Gasteiger partial charge in [0.2, 0.25) is 5.91 Å². The zero-order valence-corrected chi connectivity index (χ0v) is 8.17. The molecule has 14 heavy (non-hydrogen) atoms. The van der Waals surface area contributed by atoms with Gasteiger partial charge in [-0.05, 0) is 18.1 Å². The number of rotatable bonds is 3. The van der Waals surface area contributed by atoms with Crippen LogP contribution < -0.4 is 10.1 Å². The summed E-state index contributed by atoms with van der Waals surface area (Å²) in [7, 11) is 0. The van der Waals surface area contributed by atoms with Gasteiger partial charge < -0.3 is 10.1 Å². The highest BCUT2D eigenvalue weighted by molar-refractivity contribution is 6.00. The molecule has 0 unspecified atom stereocenters. The van der Waals surface area contributed by atoms with Crippen molar-refractivity contribution in [3.63, 3.8) is 0 Å². The lowest BCUT2D eigenvalue weighted by molar-refractivity contribution is -0.115. The average molecular weight is 191 g/mol. The second-order valence-corrected chi connectivity index (χ2v) is 3.36. The van der Waals surface area contributed by atoms with Crippen molar-refractivity contribution in [3.05, 3.63) is 23.8 Å². The smallest absolute Gasteiger partial charge is 0.228 e. The Morgan fingerprint density at radius 3 is 3.14 bits per heavy atom. The summed E-state index contributed by atoms with van der Waals surface area (Å²) >= 11 is 0. The molecule has 0 aromatic heterocycles. The number of carbonyl (C=O) groups is 1. The van der Waals surface area contributed by atoms with E-state index in [1.54, 1.807) is 0 Å². The van der Waals surface area contributed by atoms with Crippen molar-refractivity contribution in [1.82, 2.24) is 0 Å². The van der Waals surface area contributed by atoms with Gasteiger partial charge in [-0.25, -0.2) is 0 Å². The van der Waals surface area contributed by atoms with Crippen LogP contribution in [0.2, 0.25) is 0 Å². The van der Waals surface area contributed by atoms with Crippen LogP contribution in [0.15, 0.2) is 18.2 Å². The largest absolute Gasteiger partial charge is 0.491 e. The van der Waals surface area contributed by atoms with Gasteiger partial charge in [-0.3, -0.25) is 4.79 Å². The SMILES string of the molecule is CCCOc1cccc2c1NC(=O)C2. The van der Waals surface area contributed by atoms with Crippen LogP contribution in [0.25, 0.3) is 0 Å². The van der Waals surface area contributed by atoms with Gasteiger partial charge in [-0.1, -0.05) is 19.1 Å². The second kappa shape index (κ2) is 3.70. The molecule has 2 rings (SSSR count). The maximum atomic E-state index is 11.2. The number of fused-ring (bicyclic) bond motifs is 1. The molecule has 1 aromatic rings. The average Bonchev–Trinajstić information content (AvgIpc) is 2.55. The van der Waals surface area contributed by atoms with E-state index in [9.17, 15) is 4.79 Å². The molecule has 0 saturated carbocycles. The molecule has 0 fully saturated rings. The minimum atomic E-state index is 0.0487. The number of hydrogen-bond acceptors (Lipinski definition) is 2. The maximum absolute atomic E-state index is 11.2.